The summed E-state index contributed by atoms with van der Waals surface area (Å²) in [6, 6.07) is 26.1. The molecule has 646 valence electrons. The molecule has 1 amide bonds. The second-order valence-electron chi connectivity index (χ2n) is 36.2. The Labute approximate surface area is 759 Å². The molecule has 30 heteroatoms. The number of hydrazine groups is 3. The van der Waals surface area contributed by atoms with Crippen LogP contribution in [0.4, 0.5) is 5.69 Å². The molecule has 12 heterocycles. The van der Waals surface area contributed by atoms with Gasteiger partial charge < -0.3 is 49.3 Å². The predicted octanol–water partition coefficient (Wildman–Crippen LogP) is 17.2. The first-order valence-electron chi connectivity index (χ1n) is 42.1. The fraction of sp³-hybridized carbons (Fsp3) is 0.522. The lowest BCUT2D eigenvalue weighted by molar-refractivity contribution is -0.153. The van der Waals surface area contributed by atoms with Crippen molar-refractivity contribution in [3.63, 3.8) is 0 Å². The van der Waals surface area contributed by atoms with Gasteiger partial charge in [0.1, 0.15) is 18.1 Å². The molecule has 4 aromatic carbocycles. The van der Waals surface area contributed by atoms with Crippen molar-refractivity contribution in [2.45, 2.75) is 210 Å². The van der Waals surface area contributed by atoms with Crippen molar-refractivity contribution in [1.82, 2.24) is 61.2 Å². The number of hydrogen-bond acceptors (Lipinski definition) is 22. The zero-order valence-electron chi connectivity index (χ0n) is 72.2. The van der Waals surface area contributed by atoms with E-state index in [-0.39, 0.29) is 64.7 Å². The molecule has 12 bridgehead atoms. The van der Waals surface area contributed by atoms with Gasteiger partial charge >= 0.3 is 25.0 Å². The zero-order valence-corrected chi connectivity index (χ0v) is 81.1. The number of carbonyl (C=O) groups is 4. The monoisotopic (exact) mass is 2030 g/mol. The number of carbonyl (C=O) groups excluding carboxylic acids is 4. The van der Waals surface area contributed by atoms with Crippen LogP contribution < -0.4 is 27.6 Å². The van der Waals surface area contributed by atoms with Crippen LogP contribution in [0.2, 0.25) is 0 Å². The van der Waals surface area contributed by atoms with Crippen molar-refractivity contribution in [2.75, 3.05) is 65.4 Å². The van der Waals surface area contributed by atoms with Crippen LogP contribution in [0.15, 0.2) is 95.0 Å². The summed E-state index contributed by atoms with van der Waals surface area (Å²) in [6.45, 7) is 36.6. The van der Waals surface area contributed by atoms with E-state index in [0.29, 0.717) is 50.9 Å². The van der Waals surface area contributed by atoms with Gasteiger partial charge in [0.25, 0.3) is 0 Å². The van der Waals surface area contributed by atoms with Gasteiger partial charge in [0.15, 0.2) is 0 Å². The van der Waals surface area contributed by atoms with E-state index < -0.39 is 24.4 Å². The Morgan fingerprint density at radius 3 is 1.67 bits per heavy atom. The maximum Gasteiger partial charge on any atom is 0.512 e. The Hall–Kier alpha value is -6.00. The van der Waals surface area contributed by atoms with Crippen LogP contribution in [0.25, 0.3) is 66.5 Å². The van der Waals surface area contributed by atoms with Gasteiger partial charge in [-0.1, -0.05) is 100 Å². The SMILES string of the molecule is CC.COC(=O)[C@@H]1CCCN(C(=O)[C@@H](C)Cc2nc(-c3ccc4[nH]c(I)c(CC(C)(C)CO)c4c3)cs2)N1.C[C@H]1Cc2nc(cs2)-c2ccc3[nH]c(B4OC(C)(C)C(C)(C)O4)c(c3c2)CC(C)(C)COC(=O)[C@@H]2CCCN(C1)N2.C[C@H]1Cc2nc(cs2)-c2ccc3[nH]c(I)c(c3c2)CC(C)(C)COC(=O)[C@@H]2CCCN(C1)N2.Nc1cccc(I)c1. The van der Waals surface area contributed by atoms with Gasteiger partial charge in [-0.05, 0) is 242 Å². The van der Waals surface area contributed by atoms with Crippen LogP contribution >= 0.6 is 102 Å². The van der Waals surface area contributed by atoms with Crippen molar-refractivity contribution in [3.8, 4) is 33.8 Å². The number of aromatic amines is 3. The molecule has 0 aliphatic carbocycles. The first-order valence-corrected chi connectivity index (χ1v) is 47.9. The number of H-pyrrole nitrogens is 3. The lowest BCUT2D eigenvalue weighted by atomic mass is 9.76. The van der Waals surface area contributed by atoms with E-state index in [1.54, 1.807) is 39.0 Å². The number of anilines is 1. The van der Waals surface area contributed by atoms with Gasteiger partial charge in [-0.15, -0.1) is 34.0 Å². The molecule has 8 atom stereocenters. The van der Waals surface area contributed by atoms with Gasteiger partial charge in [-0.25, -0.2) is 41.2 Å². The number of nitrogens with two attached hydrogens (primary N) is 1. The highest BCUT2D eigenvalue weighted by Crippen LogP contribution is 2.41. The van der Waals surface area contributed by atoms with Gasteiger partial charge in [0.2, 0.25) is 5.91 Å². The Balaban J connectivity index is 0.000000156. The second-order valence-corrected chi connectivity index (χ2v) is 42.4. The van der Waals surface area contributed by atoms with E-state index in [1.807, 2.05) is 50.4 Å². The molecular formula is C90H119BI3N13O10S3. The molecule has 10 aromatic rings. The molecule has 6 aliphatic rings. The zero-order chi connectivity index (χ0) is 86.3. The van der Waals surface area contributed by atoms with Crippen LogP contribution in [-0.4, -0.2) is 170 Å². The minimum Gasteiger partial charge on any atom is -0.468 e. The summed E-state index contributed by atoms with van der Waals surface area (Å²) in [5.74, 6) is -0.133. The highest BCUT2D eigenvalue weighted by molar-refractivity contribution is 14.1. The highest BCUT2D eigenvalue weighted by Gasteiger charge is 2.53. The third kappa shape index (κ3) is 23.4. The molecule has 6 aromatic heterocycles. The lowest BCUT2D eigenvalue weighted by Crippen LogP contribution is -2.56. The molecule has 0 radical (unpaired) electrons. The van der Waals surface area contributed by atoms with Gasteiger partial charge in [0.05, 0.1) is 71.0 Å². The van der Waals surface area contributed by atoms with Crippen LogP contribution in [0.3, 0.4) is 0 Å². The predicted molar refractivity (Wildman–Crippen MR) is 510 cm³/mol. The summed E-state index contributed by atoms with van der Waals surface area (Å²) in [7, 11) is 0.838. The van der Waals surface area contributed by atoms with Gasteiger partial charge in [0, 0.05) is 156 Å². The summed E-state index contributed by atoms with van der Waals surface area (Å²) >= 11 is 12.0. The van der Waals surface area contributed by atoms with E-state index in [9.17, 15) is 24.3 Å². The van der Waals surface area contributed by atoms with Crippen molar-refractivity contribution in [1.29, 1.82) is 0 Å². The fourth-order valence-corrected chi connectivity index (χ4v) is 21.0. The molecule has 23 nitrogen and oxygen atoms in total. The van der Waals surface area contributed by atoms with Crippen molar-refractivity contribution in [3.05, 3.63) is 138 Å². The summed E-state index contributed by atoms with van der Waals surface area (Å²) in [5, 5.41) is 28.8. The standard InChI is InChI=1S/C31H43BN4O4S.C26H33IN4O4S.C25H31IN4O2S.C6H6IN.C2H6/c1-19-13-26-33-25(17-41-26)20-10-11-23-21(14-20)22(27(34-23)32-39-30(4,5)31(6,7)40-32)15-29(2,3)18-38-28(37)24-9-8-12-36(16-19)35-24;1-15(24(33)31-9-5-6-20(30-31)25(34)35-4)10-22-28-21(13-36-22)16-7-8-19-17(11-16)18(23(27)29-19)12-26(2,3)14-32;1-15-9-22-27-21(13-33-22)16-6-7-19-17(10-16)18(23(26)28-19)11-25(2,3)14-32-24(31)20-5-4-8-30(12-15)29-20;7-5-2-1-3-6(8)4-5;1-2/h10-11,14,17,19,24,34-35H,8-9,12-13,15-16,18H2,1-7H3;7-8,11,13,15,20,29-30,32H,5-6,9-10,12,14H2,1-4H3;6-7,10,13,15,20,28-29H,4-5,8-9,11-12,14H2,1-3H3;1-4H,8H2;1-2H3/t19-,24-;2*15-,20-;;/m000../s1. The lowest BCUT2D eigenvalue weighted by Gasteiger charge is -2.35. The van der Waals surface area contributed by atoms with Crippen molar-refractivity contribution >= 4 is 177 Å². The number of aliphatic hydroxyl groups excluding tert-OH is 1. The normalized spacial score (nSPS) is 22.6. The van der Waals surface area contributed by atoms with E-state index >= 15 is 0 Å². The first-order chi connectivity index (χ1) is 57.0. The maximum absolute atomic E-state index is 13.2. The van der Waals surface area contributed by atoms with E-state index in [4.69, 9.17) is 44.2 Å². The number of benzene rings is 4. The van der Waals surface area contributed by atoms with Crippen molar-refractivity contribution in [2.24, 2.45) is 34.0 Å². The summed E-state index contributed by atoms with van der Waals surface area (Å²) in [4.78, 5) is 76.5. The summed E-state index contributed by atoms with van der Waals surface area (Å²) in [6.07, 6.45) is 9.64. The number of aromatic nitrogens is 6. The number of aliphatic hydroxyl groups is 1. The number of halogens is 3. The second kappa shape index (κ2) is 40.1. The maximum atomic E-state index is 13.2. The van der Waals surface area contributed by atoms with E-state index in [0.717, 1.165) is 184 Å². The average Bonchev–Trinajstić information content (AvgIpc) is 1.59. The first kappa shape index (κ1) is 93.2. The Morgan fingerprint density at radius 1 is 0.650 bits per heavy atom. The molecule has 4 fully saturated rings. The number of ether oxygens (including phenoxy) is 3. The summed E-state index contributed by atoms with van der Waals surface area (Å²) < 4.78 is 33.1. The Morgan fingerprint density at radius 2 is 1.14 bits per heavy atom. The van der Waals surface area contributed by atoms with E-state index in [2.05, 4.69) is 257 Å². The highest BCUT2D eigenvalue weighted by atomic mass is 127. The Kier molecular flexibility index (Phi) is 31.1. The van der Waals surface area contributed by atoms with Gasteiger partial charge in [-0.2, -0.15) is 0 Å². The van der Waals surface area contributed by atoms with Crippen LogP contribution in [0.5, 0.6) is 0 Å². The topological polar surface area (TPSA) is 293 Å². The minimum atomic E-state index is -0.521. The molecule has 6 aliphatic heterocycles. The molecular weight excluding hydrogens is 1910 g/mol. The molecule has 16 rings (SSSR count). The quantitative estimate of drug-likeness (QED) is 0.0219. The number of esters is 3. The number of nitrogens with one attached hydrogen (secondary N) is 6. The van der Waals surface area contributed by atoms with Crippen molar-refractivity contribution < 1.29 is 47.8 Å². The fourth-order valence-electron chi connectivity index (χ4n) is 16.0. The number of nitrogens with zero attached hydrogens (tertiary/aromatic N) is 6. The number of nitrogen functional groups attached to an aromatic ring is 1. The number of thiazole rings is 3. The third-order valence-corrected chi connectivity index (χ3v) is 28.3. The molecule has 2 unspecified atom stereocenters. The molecule has 9 N–H and O–H groups in total. The van der Waals surface area contributed by atoms with Crippen LogP contribution in [0.1, 0.15) is 174 Å². The van der Waals surface area contributed by atoms with Crippen LogP contribution in [-0.2, 0) is 81.2 Å². The molecule has 4 saturated heterocycles. The van der Waals surface area contributed by atoms with Crippen LogP contribution in [0, 0.1) is 45.0 Å². The third-order valence-electron chi connectivity index (χ3n) is 23.2. The average molecular weight is 2030 g/mol. The Bertz CT molecular complexity index is 5190. The van der Waals surface area contributed by atoms with Gasteiger partial charge in [-0.3, -0.25) is 24.2 Å². The number of methoxy groups -OCH3 is 1. The smallest absolute Gasteiger partial charge is 0.468 e. The number of cyclic esters (lactones) is 2. The number of amides is 1. The summed E-state index contributed by atoms with van der Waals surface area (Å²) in [5.41, 5.74) is 28.6. The number of rotatable bonds is 9. The largest absolute Gasteiger partial charge is 0.512 e. The minimum absolute atomic E-state index is 0.0418. The number of hydrogen-bond donors (Lipinski definition) is 8. The molecule has 0 saturated carbocycles. The van der Waals surface area contributed by atoms with E-state index in [1.165, 1.54) is 27.2 Å². The molecule has 0 spiro atoms. The molecule has 120 heavy (non-hydrogen) atoms. The number of fused-ring (bicyclic) bond motifs is 13.